The van der Waals surface area contributed by atoms with Gasteiger partial charge in [0.1, 0.15) is 5.82 Å². The molecule has 0 bridgehead atoms. The van der Waals surface area contributed by atoms with Gasteiger partial charge < -0.3 is 11.1 Å². The highest BCUT2D eigenvalue weighted by Gasteiger charge is 2.11. The molecule has 0 aliphatic rings. The molecule has 0 aliphatic heterocycles. The molecule has 2 aromatic heterocycles. The summed E-state index contributed by atoms with van der Waals surface area (Å²) in [5.41, 5.74) is 7.31. The fourth-order valence-corrected chi connectivity index (χ4v) is 2.90. The number of rotatable bonds is 2. The number of fused-ring (bicyclic) bond motifs is 1. The number of hydrogen-bond donors (Lipinski definition) is 2. The SMILES string of the molecule is Cc1cccc(NC(=O)c2cc3cc(N)ccc3s2)n1. The van der Waals surface area contributed by atoms with Crippen LogP contribution in [0.3, 0.4) is 0 Å². The zero-order valence-electron chi connectivity index (χ0n) is 10.9. The smallest absolute Gasteiger partial charge is 0.266 e. The first kappa shape index (κ1) is 12.6. The van der Waals surface area contributed by atoms with Gasteiger partial charge in [-0.1, -0.05) is 6.07 Å². The minimum atomic E-state index is -0.150. The summed E-state index contributed by atoms with van der Waals surface area (Å²) in [6.45, 7) is 1.89. The number of nitrogens with one attached hydrogen (secondary N) is 1. The van der Waals surface area contributed by atoms with Crippen LogP contribution in [-0.4, -0.2) is 10.9 Å². The fraction of sp³-hybridized carbons (Fsp3) is 0.0667. The number of aryl methyl sites for hydroxylation is 1. The third-order valence-corrected chi connectivity index (χ3v) is 4.01. The Morgan fingerprint density at radius 2 is 2.10 bits per heavy atom. The summed E-state index contributed by atoms with van der Waals surface area (Å²) in [5.74, 6) is 0.412. The zero-order valence-corrected chi connectivity index (χ0v) is 11.7. The van der Waals surface area contributed by atoms with Crippen LogP contribution in [0, 0.1) is 6.92 Å². The average Bonchev–Trinajstić information content (AvgIpc) is 2.81. The Morgan fingerprint density at radius 1 is 1.25 bits per heavy atom. The molecule has 0 atom stereocenters. The predicted molar refractivity (Wildman–Crippen MR) is 83.2 cm³/mol. The molecule has 5 heteroatoms. The van der Waals surface area contributed by atoms with Crippen LogP contribution in [0.1, 0.15) is 15.4 Å². The topological polar surface area (TPSA) is 68.0 Å². The lowest BCUT2D eigenvalue weighted by molar-refractivity contribution is 0.103. The minimum absolute atomic E-state index is 0.150. The van der Waals surface area contributed by atoms with Crippen molar-refractivity contribution in [2.45, 2.75) is 6.92 Å². The quantitative estimate of drug-likeness (QED) is 0.708. The molecule has 3 rings (SSSR count). The average molecular weight is 283 g/mol. The molecule has 3 aromatic rings. The van der Waals surface area contributed by atoms with E-state index in [0.717, 1.165) is 15.8 Å². The minimum Gasteiger partial charge on any atom is -0.399 e. The number of carbonyl (C=O) groups is 1. The highest BCUT2D eigenvalue weighted by Crippen LogP contribution is 2.27. The van der Waals surface area contributed by atoms with Crippen molar-refractivity contribution in [2.24, 2.45) is 0 Å². The lowest BCUT2D eigenvalue weighted by Gasteiger charge is -2.02. The Hall–Kier alpha value is -2.40. The van der Waals surface area contributed by atoms with Crippen LogP contribution >= 0.6 is 11.3 Å². The maximum atomic E-state index is 12.2. The molecule has 0 aliphatic carbocycles. The summed E-state index contributed by atoms with van der Waals surface area (Å²) >= 11 is 1.44. The molecule has 0 radical (unpaired) electrons. The van der Waals surface area contributed by atoms with Crippen LogP contribution in [0.25, 0.3) is 10.1 Å². The molecule has 2 heterocycles. The molecule has 100 valence electrons. The van der Waals surface area contributed by atoms with Crippen molar-refractivity contribution in [3.63, 3.8) is 0 Å². The third-order valence-electron chi connectivity index (χ3n) is 2.89. The van der Waals surface area contributed by atoms with E-state index in [-0.39, 0.29) is 5.91 Å². The first-order valence-electron chi connectivity index (χ1n) is 6.16. The van der Waals surface area contributed by atoms with E-state index < -0.39 is 0 Å². The standard InChI is InChI=1S/C15H13N3OS/c1-9-3-2-4-14(17-9)18-15(19)13-8-10-7-11(16)5-6-12(10)20-13/h2-8H,16H2,1H3,(H,17,18,19). The molecule has 1 aromatic carbocycles. The number of nitrogen functional groups attached to an aromatic ring is 1. The van der Waals surface area contributed by atoms with Gasteiger partial charge in [0.15, 0.2) is 0 Å². The molecule has 0 unspecified atom stereocenters. The third kappa shape index (κ3) is 2.48. The van der Waals surface area contributed by atoms with Gasteiger partial charge in [-0.2, -0.15) is 0 Å². The van der Waals surface area contributed by atoms with Crippen LogP contribution in [0.15, 0.2) is 42.5 Å². The molecule has 3 N–H and O–H groups in total. The van der Waals surface area contributed by atoms with Gasteiger partial charge in [0.25, 0.3) is 5.91 Å². The maximum absolute atomic E-state index is 12.2. The number of nitrogens with zero attached hydrogens (tertiary/aromatic N) is 1. The van der Waals surface area contributed by atoms with Crippen molar-refractivity contribution < 1.29 is 4.79 Å². The number of pyridine rings is 1. The number of aromatic nitrogens is 1. The molecule has 0 saturated heterocycles. The molecule has 0 saturated carbocycles. The number of thiophene rings is 1. The van der Waals surface area contributed by atoms with E-state index >= 15 is 0 Å². The van der Waals surface area contributed by atoms with Crippen LogP contribution < -0.4 is 11.1 Å². The van der Waals surface area contributed by atoms with E-state index in [1.54, 1.807) is 6.07 Å². The van der Waals surface area contributed by atoms with Crippen molar-refractivity contribution in [3.05, 3.63) is 53.0 Å². The molecule has 0 fully saturated rings. The Bertz CT molecular complexity index is 795. The van der Waals surface area contributed by atoms with Gasteiger partial charge in [0.05, 0.1) is 4.88 Å². The molecule has 4 nitrogen and oxygen atoms in total. The Labute approximate surface area is 120 Å². The molecular formula is C15H13N3OS. The van der Waals surface area contributed by atoms with Gasteiger partial charge >= 0.3 is 0 Å². The Balaban J connectivity index is 1.88. The van der Waals surface area contributed by atoms with Gasteiger partial charge in [-0.05, 0) is 48.7 Å². The van der Waals surface area contributed by atoms with Gasteiger partial charge in [-0.25, -0.2) is 4.98 Å². The molecule has 20 heavy (non-hydrogen) atoms. The molecule has 0 spiro atoms. The molecule has 1 amide bonds. The number of nitrogens with two attached hydrogens (primary N) is 1. The van der Waals surface area contributed by atoms with Gasteiger partial charge in [0.2, 0.25) is 0 Å². The largest absolute Gasteiger partial charge is 0.399 e. The van der Waals surface area contributed by atoms with E-state index in [9.17, 15) is 4.79 Å². The zero-order chi connectivity index (χ0) is 14.1. The number of benzene rings is 1. The lowest BCUT2D eigenvalue weighted by atomic mass is 10.2. The van der Waals surface area contributed by atoms with Gasteiger partial charge in [-0.15, -0.1) is 11.3 Å². The van der Waals surface area contributed by atoms with Crippen LogP contribution in [0.2, 0.25) is 0 Å². The molecular weight excluding hydrogens is 270 g/mol. The van der Waals surface area contributed by atoms with Crippen LogP contribution in [0.5, 0.6) is 0 Å². The van der Waals surface area contributed by atoms with Crippen LogP contribution in [0.4, 0.5) is 11.5 Å². The van der Waals surface area contributed by atoms with E-state index in [1.807, 2.05) is 43.3 Å². The first-order chi connectivity index (χ1) is 9.61. The van der Waals surface area contributed by atoms with Crippen molar-refractivity contribution in [1.29, 1.82) is 0 Å². The summed E-state index contributed by atoms with van der Waals surface area (Å²) in [6, 6.07) is 13.0. The van der Waals surface area contributed by atoms with Gasteiger partial charge in [0, 0.05) is 16.1 Å². The fourth-order valence-electron chi connectivity index (χ4n) is 1.96. The van der Waals surface area contributed by atoms with E-state index in [2.05, 4.69) is 10.3 Å². The summed E-state index contributed by atoms with van der Waals surface area (Å²) < 4.78 is 1.04. The maximum Gasteiger partial charge on any atom is 0.266 e. The van der Waals surface area contributed by atoms with Crippen molar-refractivity contribution in [1.82, 2.24) is 4.98 Å². The van der Waals surface area contributed by atoms with E-state index in [4.69, 9.17) is 5.73 Å². The van der Waals surface area contributed by atoms with E-state index in [0.29, 0.717) is 16.4 Å². The highest BCUT2D eigenvalue weighted by atomic mass is 32.1. The van der Waals surface area contributed by atoms with Crippen molar-refractivity contribution in [3.8, 4) is 0 Å². The Kier molecular flexibility index (Phi) is 3.12. The number of carbonyl (C=O) groups excluding carboxylic acids is 1. The summed E-state index contributed by atoms with van der Waals surface area (Å²) in [7, 11) is 0. The number of amides is 1. The summed E-state index contributed by atoms with van der Waals surface area (Å²) in [6.07, 6.45) is 0. The lowest BCUT2D eigenvalue weighted by Crippen LogP contribution is -2.11. The van der Waals surface area contributed by atoms with E-state index in [1.165, 1.54) is 11.3 Å². The first-order valence-corrected chi connectivity index (χ1v) is 6.97. The summed E-state index contributed by atoms with van der Waals surface area (Å²) in [4.78, 5) is 17.1. The van der Waals surface area contributed by atoms with Crippen LogP contribution in [-0.2, 0) is 0 Å². The van der Waals surface area contributed by atoms with Crippen molar-refractivity contribution >= 4 is 38.8 Å². The van der Waals surface area contributed by atoms with Crippen molar-refractivity contribution in [2.75, 3.05) is 11.1 Å². The number of anilines is 2. The second-order valence-electron chi connectivity index (χ2n) is 4.53. The second kappa shape index (κ2) is 4.94. The summed E-state index contributed by atoms with van der Waals surface area (Å²) in [5, 5.41) is 3.79. The monoisotopic (exact) mass is 283 g/mol. The predicted octanol–water partition coefficient (Wildman–Crippen LogP) is 3.44. The Morgan fingerprint density at radius 3 is 2.90 bits per heavy atom. The number of hydrogen-bond acceptors (Lipinski definition) is 4. The highest BCUT2D eigenvalue weighted by molar-refractivity contribution is 7.20. The second-order valence-corrected chi connectivity index (χ2v) is 5.61. The normalized spacial score (nSPS) is 10.7. The van der Waals surface area contributed by atoms with Gasteiger partial charge in [-0.3, -0.25) is 4.79 Å².